The lowest BCUT2D eigenvalue weighted by Crippen LogP contribution is -2.29. The first-order chi connectivity index (χ1) is 7.25. The summed E-state index contributed by atoms with van der Waals surface area (Å²) in [6.07, 6.45) is 2.89. The molecule has 0 spiro atoms. The standard InChI is InChI=1S/C9H14N4O2/c1-13-11-9(10-12-13)6-7(14)8-4-2-3-5-15-8/h8H,2-6H2,1H3. The number of aryl methyl sites for hydroxylation is 1. The van der Waals surface area contributed by atoms with Gasteiger partial charge in [-0.25, -0.2) is 0 Å². The Bertz CT molecular complexity index is 344. The molecule has 0 amide bonds. The number of hydrogen-bond acceptors (Lipinski definition) is 5. The van der Waals surface area contributed by atoms with Gasteiger partial charge in [0.15, 0.2) is 11.6 Å². The molecule has 1 aromatic heterocycles. The van der Waals surface area contributed by atoms with Crippen LogP contribution in [0.15, 0.2) is 0 Å². The fourth-order valence-electron chi connectivity index (χ4n) is 1.66. The SMILES string of the molecule is Cn1nnc(CC(=O)C2CCCCO2)n1. The summed E-state index contributed by atoms with van der Waals surface area (Å²) in [5, 5.41) is 11.4. The number of aromatic nitrogens is 4. The average Bonchev–Trinajstić information content (AvgIpc) is 2.65. The van der Waals surface area contributed by atoms with Crippen molar-refractivity contribution in [3.8, 4) is 0 Å². The van der Waals surface area contributed by atoms with E-state index in [2.05, 4.69) is 15.4 Å². The second-order valence-electron chi connectivity index (χ2n) is 3.69. The van der Waals surface area contributed by atoms with Gasteiger partial charge in [0, 0.05) is 6.61 Å². The Kier molecular flexibility index (Phi) is 3.05. The summed E-state index contributed by atoms with van der Waals surface area (Å²) in [5.74, 6) is 0.527. The van der Waals surface area contributed by atoms with Crippen molar-refractivity contribution in [3.63, 3.8) is 0 Å². The van der Waals surface area contributed by atoms with Crippen LogP contribution in [-0.4, -0.2) is 38.7 Å². The maximum absolute atomic E-state index is 11.7. The van der Waals surface area contributed by atoms with Crippen LogP contribution in [0, 0.1) is 0 Å². The van der Waals surface area contributed by atoms with Crippen LogP contribution in [0.1, 0.15) is 25.1 Å². The molecule has 0 N–H and O–H groups in total. The number of carbonyl (C=O) groups excluding carboxylic acids is 1. The molecule has 82 valence electrons. The Hall–Kier alpha value is -1.30. The van der Waals surface area contributed by atoms with Crippen molar-refractivity contribution in [3.05, 3.63) is 5.82 Å². The third kappa shape index (κ3) is 2.59. The number of nitrogens with zero attached hydrogens (tertiary/aromatic N) is 4. The summed E-state index contributed by atoms with van der Waals surface area (Å²) in [6.45, 7) is 0.685. The highest BCUT2D eigenvalue weighted by Crippen LogP contribution is 2.14. The van der Waals surface area contributed by atoms with Crippen LogP contribution >= 0.6 is 0 Å². The highest BCUT2D eigenvalue weighted by Gasteiger charge is 2.23. The van der Waals surface area contributed by atoms with E-state index in [4.69, 9.17) is 4.74 Å². The predicted octanol–water partition coefficient (Wildman–Crippen LogP) is -0.109. The zero-order valence-electron chi connectivity index (χ0n) is 8.72. The minimum atomic E-state index is -0.262. The number of tetrazole rings is 1. The molecule has 6 nitrogen and oxygen atoms in total. The third-order valence-electron chi connectivity index (χ3n) is 2.42. The molecule has 0 bridgehead atoms. The van der Waals surface area contributed by atoms with Gasteiger partial charge >= 0.3 is 0 Å². The topological polar surface area (TPSA) is 69.9 Å². The minimum Gasteiger partial charge on any atom is -0.370 e. The van der Waals surface area contributed by atoms with Crippen molar-refractivity contribution in [2.45, 2.75) is 31.8 Å². The molecule has 1 aliphatic heterocycles. The van der Waals surface area contributed by atoms with E-state index in [-0.39, 0.29) is 18.3 Å². The van der Waals surface area contributed by atoms with Crippen molar-refractivity contribution in [1.29, 1.82) is 0 Å². The van der Waals surface area contributed by atoms with Gasteiger partial charge in [-0.2, -0.15) is 4.80 Å². The van der Waals surface area contributed by atoms with E-state index >= 15 is 0 Å². The molecule has 1 fully saturated rings. The van der Waals surface area contributed by atoms with Crippen LogP contribution in [0.4, 0.5) is 0 Å². The van der Waals surface area contributed by atoms with Crippen LogP contribution in [0.3, 0.4) is 0 Å². The molecule has 0 saturated carbocycles. The largest absolute Gasteiger partial charge is 0.370 e. The maximum atomic E-state index is 11.7. The first-order valence-electron chi connectivity index (χ1n) is 5.13. The van der Waals surface area contributed by atoms with Crippen molar-refractivity contribution in [1.82, 2.24) is 20.2 Å². The Morgan fingerprint density at radius 2 is 2.47 bits per heavy atom. The third-order valence-corrected chi connectivity index (χ3v) is 2.42. The molecule has 0 aromatic carbocycles. The van der Waals surface area contributed by atoms with E-state index < -0.39 is 0 Å². The molecular formula is C9H14N4O2. The number of ether oxygens (including phenoxy) is 1. The first kappa shape index (κ1) is 10.2. The Balaban J connectivity index is 1.91. The van der Waals surface area contributed by atoms with E-state index in [1.807, 2.05) is 0 Å². The summed E-state index contributed by atoms with van der Waals surface area (Å²) < 4.78 is 5.39. The van der Waals surface area contributed by atoms with Gasteiger partial charge in [0.1, 0.15) is 6.10 Å². The molecule has 1 aromatic rings. The summed E-state index contributed by atoms with van der Waals surface area (Å²) in [5.41, 5.74) is 0. The van der Waals surface area contributed by atoms with Crippen molar-refractivity contribution < 1.29 is 9.53 Å². The smallest absolute Gasteiger partial charge is 0.182 e. The lowest BCUT2D eigenvalue weighted by Gasteiger charge is -2.20. The van der Waals surface area contributed by atoms with Gasteiger partial charge in [-0.15, -0.1) is 10.2 Å². The van der Waals surface area contributed by atoms with Crippen molar-refractivity contribution >= 4 is 5.78 Å². The predicted molar refractivity (Wildman–Crippen MR) is 51.1 cm³/mol. The van der Waals surface area contributed by atoms with Gasteiger partial charge in [0.25, 0.3) is 0 Å². The zero-order chi connectivity index (χ0) is 10.7. The van der Waals surface area contributed by atoms with E-state index in [0.29, 0.717) is 12.4 Å². The Morgan fingerprint density at radius 3 is 3.07 bits per heavy atom. The van der Waals surface area contributed by atoms with Crippen LogP contribution in [0.5, 0.6) is 0 Å². The van der Waals surface area contributed by atoms with Crippen molar-refractivity contribution in [2.75, 3.05) is 6.61 Å². The second-order valence-corrected chi connectivity index (χ2v) is 3.69. The number of ketones is 1. The van der Waals surface area contributed by atoms with Crippen LogP contribution in [0.2, 0.25) is 0 Å². The van der Waals surface area contributed by atoms with Crippen LogP contribution in [-0.2, 0) is 23.0 Å². The molecule has 0 radical (unpaired) electrons. The summed E-state index contributed by atoms with van der Waals surface area (Å²) in [4.78, 5) is 13.1. The molecule has 15 heavy (non-hydrogen) atoms. The molecule has 2 rings (SSSR count). The maximum Gasteiger partial charge on any atom is 0.182 e. The van der Waals surface area contributed by atoms with Gasteiger partial charge in [-0.05, 0) is 24.5 Å². The number of Topliss-reactive ketones (excluding diaryl/α,β-unsaturated/α-hetero) is 1. The molecule has 0 aliphatic carbocycles. The highest BCUT2D eigenvalue weighted by atomic mass is 16.5. The van der Waals surface area contributed by atoms with Gasteiger partial charge in [0.05, 0.1) is 13.5 Å². The fourth-order valence-corrected chi connectivity index (χ4v) is 1.66. The van der Waals surface area contributed by atoms with Gasteiger partial charge < -0.3 is 4.74 Å². The van der Waals surface area contributed by atoms with E-state index in [1.54, 1.807) is 7.05 Å². The van der Waals surface area contributed by atoms with Crippen LogP contribution in [0.25, 0.3) is 0 Å². The van der Waals surface area contributed by atoms with Crippen LogP contribution < -0.4 is 0 Å². The normalized spacial score (nSPS) is 21.5. The first-order valence-corrected chi connectivity index (χ1v) is 5.13. The summed E-state index contributed by atoms with van der Waals surface area (Å²) in [7, 11) is 1.68. The molecule has 1 atom stereocenters. The lowest BCUT2D eigenvalue weighted by molar-refractivity contribution is -0.132. The molecule has 1 aliphatic rings. The second kappa shape index (κ2) is 4.48. The number of hydrogen-bond donors (Lipinski definition) is 0. The number of carbonyl (C=O) groups is 1. The molecule has 6 heteroatoms. The van der Waals surface area contributed by atoms with Gasteiger partial charge in [0.2, 0.25) is 0 Å². The van der Waals surface area contributed by atoms with E-state index in [9.17, 15) is 4.79 Å². The monoisotopic (exact) mass is 210 g/mol. The summed E-state index contributed by atoms with van der Waals surface area (Å²) in [6, 6.07) is 0. The lowest BCUT2D eigenvalue weighted by atomic mass is 10.0. The quantitative estimate of drug-likeness (QED) is 0.696. The summed E-state index contributed by atoms with van der Waals surface area (Å²) >= 11 is 0. The Labute approximate surface area is 87.6 Å². The average molecular weight is 210 g/mol. The van der Waals surface area contributed by atoms with Gasteiger partial charge in [-0.1, -0.05) is 0 Å². The van der Waals surface area contributed by atoms with E-state index in [0.717, 1.165) is 19.3 Å². The molecular weight excluding hydrogens is 196 g/mol. The van der Waals surface area contributed by atoms with Gasteiger partial charge in [-0.3, -0.25) is 4.79 Å². The van der Waals surface area contributed by atoms with E-state index in [1.165, 1.54) is 4.80 Å². The minimum absolute atomic E-state index is 0.0581. The Morgan fingerprint density at radius 1 is 1.60 bits per heavy atom. The van der Waals surface area contributed by atoms with Crippen molar-refractivity contribution in [2.24, 2.45) is 7.05 Å². The fraction of sp³-hybridized carbons (Fsp3) is 0.778. The molecule has 1 saturated heterocycles. The number of rotatable bonds is 3. The molecule has 1 unspecified atom stereocenters. The molecule has 2 heterocycles. The highest BCUT2D eigenvalue weighted by molar-refractivity contribution is 5.84. The zero-order valence-corrected chi connectivity index (χ0v) is 8.72.